The Morgan fingerprint density at radius 3 is 2.63 bits per heavy atom. The van der Waals surface area contributed by atoms with Gasteiger partial charge in [-0.3, -0.25) is 0 Å². The van der Waals surface area contributed by atoms with Crippen molar-refractivity contribution in [2.24, 2.45) is 5.92 Å². The lowest BCUT2D eigenvalue weighted by molar-refractivity contribution is 0.203. The van der Waals surface area contributed by atoms with E-state index in [0.717, 1.165) is 43.4 Å². The van der Waals surface area contributed by atoms with Crippen LogP contribution in [0.25, 0.3) is 0 Å². The molecule has 5 nitrogen and oxygen atoms in total. The second-order valence-corrected chi connectivity index (χ2v) is 5.57. The van der Waals surface area contributed by atoms with Crippen LogP contribution in [0.1, 0.15) is 32.5 Å². The Labute approximate surface area is 115 Å². The Hall–Kier alpha value is -1.36. The number of aromatic nitrogens is 2. The predicted molar refractivity (Wildman–Crippen MR) is 77.6 cm³/mol. The summed E-state index contributed by atoms with van der Waals surface area (Å²) in [6.07, 6.45) is 2.07. The molecule has 1 aromatic rings. The van der Waals surface area contributed by atoms with Gasteiger partial charge in [0.1, 0.15) is 17.5 Å². The van der Waals surface area contributed by atoms with Crippen LogP contribution in [0.15, 0.2) is 6.07 Å². The fourth-order valence-corrected chi connectivity index (χ4v) is 2.43. The quantitative estimate of drug-likeness (QED) is 0.868. The van der Waals surface area contributed by atoms with Crippen LogP contribution < -0.4 is 10.2 Å². The van der Waals surface area contributed by atoms with Crippen LogP contribution in [0, 0.1) is 12.8 Å². The number of aliphatic hydroxyl groups is 1. The molecule has 0 amide bonds. The van der Waals surface area contributed by atoms with E-state index in [9.17, 15) is 5.11 Å². The van der Waals surface area contributed by atoms with E-state index in [-0.39, 0.29) is 0 Å². The molecule has 0 unspecified atom stereocenters. The summed E-state index contributed by atoms with van der Waals surface area (Å²) in [7, 11) is 0. The van der Waals surface area contributed by atoms with Gasteiger partial charge in [0.05, 0.1) is 0 Å². The number of hydrogen-bond acceptors (Lipinski definition) is 5. The van der Waals surface area contributed by atoms with Crippen LogP contribution in [0.4, 0.5) is 11.6 Å². The van der Waals surface area contributed by atoms with Gasteiger partial charge in [0.25, 0.3) is 0 Å². The van der Waals surface area contributed by atoms with Crippen molar-refractivity contribution in [1.29, 1.82) is 0 Å². The zero-order chi connectivity index (χ0) is 13.8. The molecule has 0 atom stereocenters. The average Bonchev–Trinajstić information content (AvgIpc) is 2.37. The number of aliphatic hydroxyl groups excluding tert-OH is 1. The minimum Gasteiger partial charge on any atom is -0.396 e. The van der Waals surface area contributed by atoms with E-state index >= 15 is 0 Å². The summed E-state index contributed by atoms with van der Waals surface area (Å²) >= 11 is 0. The van der Waals surface area contributed by atoms with Gasteiger partial charge in [-0.2, -0.15) is 0 Å². The van der Waals surface area contributed by atoms with Gasteiger partial charge in [0.15, 0.2) is 0 Å². The lowest BCUT2D eigenvalue weighted by Crippen LogP contribution is -2.35. The minimum absolute atomic E-state index is 0.302. The Balaban J connectivity index is 2.09. The molecule has 0 spiro atoms. The molecule has 1 aliphatic heterocycles. The molecular weight excluding hydrogens is 240 g/mol. The van der Waals surface area contributed by atoms with E-state index in [2.05, 4.69) is 34.0 Å². The Kier molecular flexibility index (Phi) is 4.58. The molecule has 0 aromatic carbocycles. The van der Waals surface area contributed by atoms with E-state index in [1.165, 1.54) is 0 Å². The maximum absolute atomic E-state index is 9.18. The molecule has 0 radical (unpaired) electrons. The van der Waals surface area contributed by atoms with Crippen LogP contribution in [0.3, 0.4) is 0 Å². The number of anilines is 2. The highest BCUT2D eigenvalue weighted by Crippen LogP contribution is 2.23. The topological polar surface area (TPSA) is 61.3 Å². The number of nitrogens with zero attached hydrogens (tertiary/aromatic N) is 3. The standard InChI is InChI=1S/C14H24N4O/c1-10(2)15-13-8-14(17-11(3)16-13)18-6-4-12(9-19)5-7-18/h8,10,12,19H,4-7,9H2,1-3H3,(H,15,16,17). The summed E-state index contributed by atoms with van der Waals surface area (Å²) in [6.45, 7) is 8.35. The van der Waals surface area contributed by atoms with Crippen molar-refractivity contribution in [3.8, 4) is 0 Å². The second kappa shape index (κ2) is 6.19. The van der Waals surface area contributed by atoms with Gasteiger partial charge in [-0.25, -0.2) is 9.97 Å². The van der Waals surface area contributed by atoms with Gasteiger partial charge >= 0.3 is 0 Å². The predicted octanol–water partition coefficient (Wildman–Crippen LogP) is 1.81. The highest BCUT2D eigenvalue weighted by Gasteiger charge is 2.20. The number of piperidine rings is 1. The van der Waals surface area contributed by atoms with Crippen molar-refractivity contribution >= 4 is 11.6 Å². The largest absolute Gasteiger partial charge is 0.396 e. The van der Waals surface area contributed by atoms with Crippen molar-refractivity contribution < 1.29 is 5.11 Å². The molecule has 5 heteroatoms. The van der Waals surface area contributed by atoms with Crippen molar-refractivity contribution in [1.82, 2.24) is 9.97 Å². The van der Waals surface area contributed by atoms with Crippen LogP contribution in [0.5, 0.6) is 0 Å². The molecule has 2 rings (SSSR count). The monoisotopic (exact) mass is 264 g/mol. The molecule has 0 saturated carbocycles. The SMILES string of the molecule is Cc1nc(NC(C)C)cc(N2CCC(CO)CC2)n1. The van der Waals surface area contributed by atoms with Crippen molar-refractivity contribution in [3.05, 3.63) is 11.9 Å². The number of nitrogens with one attached hydrogen (secondary N) is 1. The van der Waals surface area contributed by atoms with Gasteiger partial charge in [-0.05, 0) is 39.5 Å². The van der Waals surface area contributed by atoms with Gasteiger partial charge in [-0.1, -0.05) is 0 Å². The highest BCUT2D eigenvalue weighted by molar-refractivity contribution is 5.50. The fraction of sp³-hybridized carbons (Fsp3) is 0.714. The molecule has 0 aliphatic carbocycles. The van der Waals surface area contributed by atoms with Gasteiger partial charge < -0.3 is 15.3 Å². The van der Waals surface area contributed by atoms with Crippen LogP contribution in [-0.2, 0) is 0 Å². The van der Waals surface area contributed by atoms with E-state index in [1.807, 2.05) is 13.0 Å². The zero-order valence-electron chi connectivity index (χ0n) is 12.1. The second-order valence-electron chi connectivity index (χ2n) is 5.57. The molecule has 2 heterocycles. The van der Waals surface area contributed by atoms with Crippen molar-refractivity contribution in [2.45, 2.75) is 39.7 Å². The fourth-order valence-electron chi connectivity index (χ4n) is 2.43. The Morgan fingerprint density at radius 1 is 1.37 bits per heavy atom. The lowest BCUT2D eigenvalue weighted by atomic mass is 9.98. The Bertz CT molecular complexity index is 414. The third kappa shape index (κ3) is 3.80. The summed E-state index contributed by atoms with van der Waals surface area (Å²) < 4.78 is 0. The van der Waals surface area contributed by atoms with Gasteiger partial charge in [0.2, 0.25) is 0 Å². The molecule has 1 aromatic heterocycles. The van der Waals surface area contributed by atoms with Crippen LogP contribution >= 0.6 is 0 Å². The summed E-state index contributed by atoms with van der Waals surface area (Å²) in [5.74, 6) is 3.13. The first-order valence-corrected chi connectivity index (χ1v) is 7.06. The third-order valence-corrected chi connectivity index (χ3v) is 3.46. The first-order valence-electron chi connectivity index (χ1n) is 7.06. The van der Waals surface area contributed by atoms with E-state index in [0.29, 0.717) is 18.6 Å². The maximum Gasteiger partial charge on any atom is 0.134 e. The zero-order valence-corrected chi connectivity index (χ0v) is 12.1. The Morgan fingerprint density at radius 2 is 2.05 bits per heavy atom. The molecule has 19 heavy (non-hydrogen) atoms. The van der Waals surface area contributed by atoms with E-state index in [4.69, 9.17) is 0 Å². The highest BCUT2D eigenvalue weighted by atomic mass is 16.3. The smallest absolute Gasteiger partial charge is 0.134 e. The molecule has 1 aliphatic rings. The van der Waals surface area contributed by atoms with Crippen LogP contribution in [0.2, 0.25) is 0 Å². The summed E-state index contributed by atoms with van der Waals surface area (Å²) in [4.78, 5) is 11.2. The molecule has 0 bridgehead atoms. The van der Waals surface area contributed by atoms with E-state index in [1.54, 1.807) is 0 Å². The average molecular weight is 264 g/mol. The molecule has 106 valence electrons. The summed E-state index contributed by atoms with van der Waals surface area (Å²) in [5, 5.41) is 12.5. The van der Waals surface area contributed by atoms with Crippen LogP contribution in [-0.4, -0.2) is 40.8 Å². The molecule has 1 saturated heterocycles. The lowest BCUT2D eigenvalue weighted by Gasteiger charge is -2.32. The van der Waals surface area contributed by atoms with Crippen molar-refractivity contribution in [3.63, 3.8) is 0 Å². The van der Waals surface area contributed by atoms with E-state index < -0.39 is 0 Å². The summed E-state index contributed by atoms with van der Waals surface area (Å²) in [6, 6.07) is 2.38. The maximum atomic E-state index is 9.18. The molecule has 1 fully saturated rings. The first-order chi connectivity index (χ1) is 9.08. The summed E-state index contributed by atoms with van der Waals surface area (Å²) in [5.41, 5.74) is 0. The minimum atomic E-state index is 0.302. The molecular formula is C14H24N4O. The van der Waals surface area contributed by atoms with Gasteiger partial charge in [0, 0.05) is 31.8 Å². The third-order valence-electron chi connectivity index (χ3n) is 3.46. The van der Waals surface area contributed by atoms with Crippen molar-refractivity contribution in [2.75, 3.05) is 29.9 Å². The molecule has 2 N–H and O–H groups in total. The number of hydrogen-bond donors (Lipinski definition) is 2. The van der Waals surface area contributed by atoms with Gasteiger partial charge in [-0.15, -0.1) is 0 Å². The normalized spacial score (nSPS) is 17.0. The number of aryl methyl sites for hydroxylation is 1. The number of rotatable bonds is 4. The first kappa shape index (κ1) is 14.1.